The second-order valence-corrected chi connectivity index (χ2v) is 12.8. The number of nitrogens with zero attached hydrogens (tertiary/aromatic N) is 2. The number of hydrogen-bond donors (Lipinski definition) is 1. The SMILES string of the molecule is COC(=O)c1c(NC(=O)c2ccc(S(=O)(=O)N3CCCc4ccccc43)cc2)sc2c1CCN(C(C)C)C2. The largest absolute Gasteiger partial charge is 0.465 e. The van der Waals surface area contributed by atoms with Gasteiger partial charge in [-0.3, -0.25) is 14.0 Å². The summed E-state index contributed by atoms with van der Waals surface area (Å²) in [5.74, 6) is -0.888. The Morgan fingerprint density at radius 2 is 1.76 bits per heavy atom. The third kappa shape index (κ3) is 4.83. The molecule has 3 heterocycles. The quantitative estimate of drug-likeness (QED) is 0.445. The van der Waals surface area contributed by atoms with Crippen LogP contribution in [0.1, 0.15) is 57.0 Å². The number of anilines is 2. The van der Waals surface area contributed by atoms with Crippen molar-refractivity contribution in [3.63, 3.8) is 0 Å². The maximum atomic E-state index is 13.4. The Bertz CT molecular complexity index is 1480. The molecule has 0 saturated heterocycles. The number of benzene rings is 2. The molecule has 5 rings (SSSR count). The van der Waals surface area contributed by atoms with Gasteiger partial charge in [0.05, 0.1) is 23.3 Å². The first-order valence-corrected chi connectivity index (χ1v) is 15.0. The van der Waals surface area contributed by atoms with Gasteiger partial charge in [-0.05, 0) is 74.6 Å². The molecule has 0 saturated carbocycles. The summed E-state index contributed by atoms with van der Waals surface area (Å²) < 4.78 is 33.3. The number of carbonyl (C=O) groups is 2. The van der Waals surface area contributed by atoms with Gasteiger partial charge in [-0.1, -0.05) is 18.2 Å². The minimum absolute atomic E-state index is 0.126. The van der Waals surface area contributed by atoms with E-state index in [-0.39, 0.29) is 4.90 Å². The van der Waals surface area contributed by atoms with Crippen LogP contribution in [-0.2, 0) is 34.1 Å². The lowest BCUT2D eigenvalue weighted by Crippen LogP contribution is -2.35. The van der Waals surface area contributed by atoms with Gasteiger partial charge in [-0.2, -0.15) is 0 Å². The number of fused-ring (bicyclic) bond motifs is 2. The van der Waals surface area contributed by atoms with E-state index in [0.29, 0.717) is 47.4 Å². The van der Waals surface area contributed by atoms with Crippen molar-refractivity contribution >= 4 is 43.9 Å². The molecular formula is C28H31N3O5S2. The standard InChI is InChI=1S/C28H31N3O5S2/c1-18(2)30-16-14-22-24(17-30)37-27(25(22)28(33)36-3)29-26(32)20-10-12-21(13-11-20)38(34,35)31-15-6-8-19-7-4-5-9-23(19)31/h4-5,7,9-13,18H,6,8,14-17H2,1-3H3,(H,29,32). The third-order valence-corrected chi connectivity index (χ3v) is 10.2. The van der Waals surface area contributed by atoms with E-state index >= 15 is 0 Å². The molecule has 0 unspecified atom stereocenters. The highest BCUT2D eigenvalue weighted by Crippen LogP contribution is 2.38. The Morgan fingerprint density at radius 3 is 2.47 bits per heavy atom. The van der Waals surface area contributed by atoms with Gasteiger partial charge in [0.2, 0.25) is 0 Å². The average molecular weight is 554 g/mol. The van der Waals surface area contributed by atoms with Crippen LogP contribution in [0.25, 0.3) is 0 Å². The highest BCUT2D eigenvalue weighted by Gasteiger charge is 2.31. The molecule has 38 heavy (non-hydrogen) atoms. The van der Waals surface area contributed by atoms with E-state index < -0.39 is 21.9 Å². The van der Waals surface area contributed by atoms with E-state index in [1.165, 1.54) is 47.0 Å². The number of methoxy groups -OCH3 is 1. The minimum Gasteiger partial charge on any atom is -0.465 e. The van der Waals surface area contributed by atoms with Gasteiger partial charge >= 0.3 is 5.97 Å². The molecule has 3 aromatic rings. The first-order chi connectivity index (χ1) is 18.2. The van der Waals surface area contributed by atoms with Crippen molar-refractivity contribution in [1.29, 1.82) is 0 Å². The zero-order valence-corrected chi connectivity index (χ0v) is 23.3. The predicted molar refractivity (Wildman–Crippen MR) is 149 cm³/mol. The number of esters is 1. The Kier molecular flexibility index (Phi) is 7.30. The van der Waals surface area contributed by atoms with Gasteiger partial charge in [0, 0.05) is 36.1 Å². The molecule has 0 bridgehead atoms. The van der Waals surface area contributed by atoms with Crippen LogP contribution in [0, 0.1) is 0 Å². The van der Waals surface area contributed by atoms with Crippen molar-refractivity contribution in [2.24, 2.45) is 0 Å². The highest BCUT2D eigenvalue weighted by atomic mass is 32.2. The zero-order valence-electron chi connectivity index (χ0n) is 21.7. The Balaban J connectivity index is 1.38. The van der Waals surface area contributed by atoms with Crippen molar-refractivity contribution in [2.75, 3.05) is 29.8 Å². The summed E-state index contributed by atoms with van der Waals surface area (Å²) >= 11 is 1.39. The van der Waals surface area contributed by atoms with E-state index in [1.807, 2.05) is 24.3 Å². The summed E-state index contributed by atoms with van der Waals surface area (Å²) in [4.78, 5) is 29.3. The number of ether oxygens (including phenoxy) is 1. The zero-order chi connectivity index (χ0) is 27.0. The maximum absolute atomic E-state index is 13.4. The smallest absolute Gasteiger partial charge is 0.341 e. The molecule has 1 amide bonds. The van der Waals surface area contributed by atoms with Crippen LogP contribution in [-0.4, -0.2) is 51.4 Å². The summed E-state index contributed by atoms with van der Waals surface area (Å²) in [6.45, 7) is 6.22. The van der Waals surface area contributed by atoms with Crippen LogP contribution in [0.2, 0.25) is 0 Å². The number of sulfonamides is 1. The van der Waals surface area contributed by atoms with Crippen molar-refractivity contribution in [3.05, 3.63) is 75.7 Å². The van der Waals surface area contributed by atoms with Gasteiger partial charge in [0.25, 0.3) is 15.9 Å². The number of amides is 1. The second-order valence-electron chi connectivity index (χ2n) is 9.80. The molecule has 10 heteroatoms. The van der Waals surface area contributed by atoms with E-state index in [9.17, 15) is 18.0 Å². The van der Waals surface area contributed by atoms with Crippen LogP contribution in [0.4, 0.5) is 10.7 Å². The number of rotatable bonds is 6. The van der Waals surface area contributed by atoms with Gasteiger partial charge in [-0.15, -0.1) is 11.3 Å². The van der Waals surface area contributed by atoms with Gasteiger partial charge < -0.3 is 10.1 Å². The summed E-state index contributed by atoms with van der Waals surface area (Å²) in [6, 6.07) is 13.8. The summed E-state index contributed by atoms with van der Waals surface area (Å²) in [7, 11) is -2.44. The summed E-state index contributed by atoms with van der Waals surface area (Å²) in [6.07, 6.45) is 2.30. The molecule has 0 fully saturated rings. The normalized spacial score (nSPS) is 15.6. The van der Waals surface area contributed by atoms with Crippen molar-refractivity contribution in [1.82, 2.24) is 4.90 Å². The lowest BCUT2D eigenvalue weighted by atomic mass is 10.0. The Hall–Kier alpha value is -3.21. The first-order valence-electron chi connectivity index (χ1n) is 12.7. The molecule has 0 aliphatic carbocycles. The predicted octanol–water partition coefficient (Wildman–Crippen LogP) is 4.70. The van der Waals surface area contributed by atoms with Gasteiger partial charge in [-0.25, -0.2) is 13.2 Å². The Morgan fingerprint density at radius 1 is 1.03 bits per heavy atom. The lowest BCUT2D eigenvalue weighted by Gasteiger charge is -2.30. The number of nitrogens with one attached hydrogen (secondary N) is 1. The number of carbonyl (C=O) groups excluding carboxylic acids is 2. The van der Waals surface area contributed by atoms with Crippen molar-refractivity contribution in [2.45, 2.75) is 50.6 Å². The molecular weight excluding hydrogens is 522 g/mol. The van der Waals surface area contributed by atoms with Gasteiger partial charge in [0.15, 0.2) is 0 Å². The van der Waals surface area contributed by atoms with Crippen LogP contribution in [0.3, 0.4) is 0 Å². The van der Waals surface area contributed by atoms with Crippen molar-refractivity contribution < 1.29 is 22.7 Å². The lowest BCUT2D eigenvalue weighted by molar-refractivity contribution is 0.0600. The fourth-order valence-corrected chi connectivity index (χ4v) is 7.90. The molecule has 0 atom stereocenters. The van der Waals surface area contributed by atoms with Crippen LogP contribution < -0.4 is 9.62 Å². The number of thiophene rings is 1. The summed E-state index contributed by atoms with van der Waals surface area (Å²) in [5, 5.41) is 3.34. The second kappa shape index (κ2) is 10.5. The maximum Gasteiger partial charge on any atom is 0.341 e. The number of aryl methyl sites for hydroxylation is 1. The molecule has 2 aliphatic heterocycles. The number of para-hydroxylation sites is 1. The Labute approximate surface area is 227 Å². The molecule has 1 aromatic heterocycles. The van der Waals surface area contributed by atoms with E-state index in [4.69, 9.17) is 4.74 Å². The molecule has 2 aromatic carbocycles. The summed E-state index contributed by atoms with van der Waals surface area (Å²) in [5.41, 5.74) is 3.35. The molecule has 0 radical (unpaired) electrons. The minimum atomic E-state index is -3.77. The van der Waals surface area contributed by atoms with Crippen LogP contribution >= 0.6 is 11.3 Å². The molecule has 200 valence electrons. The van der Waals surface area contributed by atoms with Gasteiger partial charge in [0.1, 0.15) is 5.00 Å². The number of hydrogen-bond acceptors (Lipinski definition) is 7. The third-order valence-electron chi connectivity index (χ3n) is 7.21. The van der Waals surface area contributed by atoms with E-state index in [0.717, 1.165) is 35.4 Å². The topological polar surface area (TPSA) is 96.0 Å². The van der Waals surface area contributed by atoms with Crippen LogP contribution in [0.5, 0.6) is 0 Å². The fourth-order valence-electron chi connectivity index (χ4n) is 5.10. The molecule has 0 spiro atoms. The highest BCUT2D eigenvalue weighted by molar-refractivity contribution is 7.92. The monoisotopic (exact) mass is 553 g/mol. The van der Waals surface area contributed by atoms with Crippen molar-refractivity contribution in [3.8, 4) is 0 Å². The average Bonchev–Trinajstić information content (AvgIpc) is 3.29. The molecule has 1 N–H and O–H groups in total. The van der Waals surface area contributed by atoms with Crippen LogP contribution in [0.15, 0.2) is 53.4 Å². The fraction of sp³-hybridized carbons (Fsp3) is 0.357. The molecule has 2 aliphatic rings. The van der Waals surface area contributed by atoms with E-state index in [1.54, 1.807) is 0 Å². The first kappa shape index (κ1) is 26.4. The van der Waals surface area contributed by atoms with E-state index in [2.05, 4.69) is 24.1 Å². The molecule has 8 nitrogen and oxygen atoms in total.